The molecule has 3 heteroatoms. The van der Waals surface area contributed by atoms with Crippen LogP contribution in [0.1, 0.15) is 16.8 Å². The van der Waals surface area contributed by atoms with Crippen molar-refractivity contribution in [2.45, 2.75) is 19.8 Å². The first kappa shape index (κ1) is 12.0. The monoisotopic (exact) mass is 254 g/mol. The van der Waals surface area contributed by atoms with E-state index in [0.717, 1.165) is 43.1 Å². The van der Waals surface area contributed by atoms with E-state index in [1.165, 1.54) is 11.1 Å². The zero-order chi connectivity index (χ0) is 13.1. The number of aromatic nitrogens is 1. The molecule has 98 valence electrons. The lowest BCUT2D eigenvalue weighted by atomic mass is 10.1. The van der Waals surface area contributed by atoms with E-state index in [1.807, 2.05) is 19.2 Å². The Kier molecular flexibility index (Phi) is 3.36. The molecule has 2 aromatic rings. The van der Waals surface area contributed by atoms with Crippen molar-refractivity contribution in [3.05, 3.63) is 53.3 Å². The Balaban J connectivity index is 1.58. The molecule has 1 aromatic carbocycles. The summed E-state index contributed by atoms with van der Waals surface area (Å²) in [6.07, 6.45) is 3.90. The summed E-state index contributed by atoms with van der Waals surface area (Å²) in [5.41, 5.74) is 4.89. The summed E-state index contributed by atoms with van der Waals surface area (Å²) in [4.78, 5) is 4.19. The summed E-state index contributed by atoms with van der Waals surface area (Å²) >= 11 is 0. The second kappa shape index (κ2) is 5.31. The lowest BCUT2D eigenvalue weighted by Crippen LogP contribution is -2.05. The van der Waals surface area contributed by atoms with Crippen molar-refractivity contribution in [3.8, 4) is 5.75 Å². The molecule has 0 saturated heterocycles. The summed E-state index contributed by atoms with van der Waals surface area (Å²) in [6.45, 7) is 3.77. The zero-order valence-corrected chi connectivity index (χ0v) is 11.1. The lowest BCUT2D eigenvalue weighted by molar-refractivity contribution is 0.357. The van der Waals surface area contributed by atoms with Crippen LogP contribution in [-0.2, 0) is 12.8 Å². The summed E-state index contributed by atoms with van der Waals surface area (Å²) in [7, 11) is 0. The molecule has 1 aliphatic rings. The summed E-state index contributed by atoms with van der Waals surface area (Å²) < 4.78 is 5.52. The minimum Gasteiger partial charge on any atom is -0.493 e. The van der Waals surface area contributed by atoms with Crippen molar-refractivity contribution in [2.24, 2.45) is 0 Å². The number of hydrogen-bond acceptors (Lipinski definition) is 3. The Bertz CT molecular complexity index is 581. The third kappa shape index (κ3) is 2.87. The van der Waals surface area contributed by atoms with Crippen LogP contribution in [-0.4, -0.2) is 18.1 Å². The highest BCUT2D eigenvalue weighted by Gasteiger charge is 2.11. The molecule has 3 rings (SSSR count). The Morgan fingerprint density at radius 3 is 3.11 bits per heavy atom. The van der Waals surface area contributed by atoms with Gasteiger partial charge >= 0.3 is 0 Å². The zero-order valence-electron chi connectivity index (χ0n) is 11.1. The van der Waals surface area contributed by atoms with Crippen LogP contribution in [0.3, 0.4) is 0 Å². The van der Waals surface area contributed by atoms with Gasteiger partial charge in [-0.2, -0.15) is 0 Å². The molecular formula is C16H18N2O. The summed E-state index contributed by atoms with van der Waals surface area (Å²) in [5.74, 6) is 1.06. The number of nitrogens with zero attached hydrogens (tertiary/aromatic N) is 1. The molecule has 19 heavy (non-hydrogen) atoms. The van der Waals surface area contributed by atoms with E-state index in [9.17, 15) is 0 Å². The molecule has 1 aromatic heterocycles. The van der Waals surface area contributed by atoms with Crippen molar-refractivity contribution in [3.63, 3.8) is 0 Å². The molecule has 0 fully saturated rings. The Labute approximate surface area is 113 Å². The van der Waals surface area contributed by atoms with Crippen molar-refractivity contribution in [2.75, 3.05) is 18.5 Å². The van der Waals surface area contributed by atoms with Gasteiger partial charge < -0.3 is 10.1 Å². The van der Waals surface area contributed by atoms with Gasteiger partial charge in [0.15, 0.2) is 0 Å². The number of nitrogens with one attached hydrogen (secondary N) is 1. The van der Waals surface area contributed by atoms with E-state index < -0.39 is 0 Å². The van der Waals surface area contributed by atoms with Crippen LogP contribution in [0.2, 0.25) is 0 Å². The van der Waals surface area contributed by atoms with Gasteiger partial charge in [0, 0.05) is 30.5 Å². The Hall–Kier alpha value is -2.03. The normalized spacial score (nSPS) is 12.9. The number of benzene rings is 1. The van der Waals surface area contributed by atoms with E-state index in [4.69, 9.17) is 4.74 Å². The second-order valence-electron chi connectivity index (χ2n) is 4.90. The van der Waals surface area contributed by atoms with E-state index in [-0.39, 0.29) is 0 Å². The van der Waals surface area contributed by atoms with Crippen molar-refractivity contribution < 1.29 is 4.74 Å². The van der Waals surface area contributed by atoms with Crippen molar-refractivity contribution >= 4 is 5.69 Å². The molecule has 1 aliphatic heterocycles. The number of ether oxygens (including phenoxy) is 1. The summed E-state index contributed by atoms with van der Waals surface area (Å²) in [6, 6.07) is 10.6. The average Bonchev–Trinajstić information content (AvgIpc) is 2.86. The highest BCUT2D eigenvalue weighted by molar-refractivity contribution is 5.44. The van der Waals surface area contributed by atoms with Crippen LogP contribution in [0.25, 0.3) is 0 Å². The molecule has 0 radical (unpaired) electrons. The molecule has 0 saturated carbocycles. The quantitative estimate of drug-likeness (QED) is 0.910. The molecule has 0 atom stereocenters. The summed E-state index contributed by atoms with van der Waals surface area (Å²) in [5, 5.41) is 3.43. The van der Waals surface area contributed by atoms with Crippen LogP contribution < -0.4 is 10.1 Å². The first-order valence-corrected chi connectivity index (χ1v) is 6.72. The third-order valence-corrected chi connectivity index (χ3v) is 3.39. The van der Waals surface area contributed by atoms with Gasteiger partial charge in [-0.05, 0) is 42.7 Å². The molecule has 1 N–H and O–H groups in total. The van der Waals surface area contributed by atoms with Crippen LogP contribution in [0.4, 0.5) is 5.69 Å². The fraction of sp³-hybridized carbons (Fsp3) is 0.312. The molecule has 3 nitrogen and oxygen atoms in total. The standard InChI is InChI=1S/C16H18N2O/c1-12-10-15(5-8-17-12)18-7-4-13-2-3-16-14(11-13)6-9-19-16/h2-3,5,8,10-11H,4,6-7,9H2,1H3,(H,17,18). The largest absolute Gasteiger partial charge is 0.493 e. The van der Waals surface area contributed by atoms with E-state index >= 15 is 0 Å². The SMILES string of the molecule is Cc1cc(NCCc2ccc3c(c2)CCO3)ccn1. The molecule has 0 spiro atoms. The van der Waals surface area contributed by atoms with Gasteiger partial charge in [-0.3, -0.25) is 4.98 Å². The molecule has 0 aliphatic carbocycles. The predicted octanol–water partition coefficient (Wildman–Crippen LogP) is 2.98. The van der Waals surface area contributed by atoms with Crippen LogP contribution in [0.5, 0.6) is 5.75 Å². The first-order chi connectivity index (χ1) is 9.31. The number of pyridine rings is 1. The van der Waals surface area contributed by atoms with E-state index in [0.29, 0.717) is 0 Å². The smallest absolute Gasteiger partial charge is 0.122 e. The van der Waals surface area contributed by atoms with Crippen molar-refractivity contribution in [1.82, 2.24) is 4.98 Å². The number of aryl methyl sites for hydroxylation is 1. The van der Waals surface area contributed by atoms with Crippen LogP contribution >= 0.6 is 0 Å². The van der Waals surface area contributed by atoms with Gasteiger partial charge in [0.1, 0.15) is 5.75 Å². The van der Waals surface area contributed by atoms with E-state index in [1.54, 1.807) is 0 Å². The average molecular weight is 254 g/mol. The fourth-order valence-corrected chi connectivity index (χ4v) is 2.40. The molecular weight excluding hydrogens is 236 g/mol. The van der Waals surface area contributed by atoms with Crippen molar-refractivity contribution in [1.29, 1.82) is 0 Å². The van der Waals surface area contributed by atoms with Gasteiger partial charge in [0.2, 0.25) is 0 Å². The molecule has 0 unspecified atom stereocenters. The number of hydrogen-bond donors (Lipinski definition) is 1. The highest BCUT2D eigenvalue weighted by atomic mass is 16.5. The van der Waals surface area contributed by atoms with Crippen LogP contribution in [0.15, 0.2) is 36.5 Å². The Morgan fingerprint density at radius 2 is 2.21 bits per heavy atom. The number of anilines is 1. The topological polar surface area (TPSA) is 34.1 Å². The first-order valence-electron chi connectivity index (χ1n) is 6.72. The molecule has 2 heterocycles. The van der Waals surface area contributed by atoms with Gasteiger partial charge in [-0.15, -0.1) is 0 Å². The molecule has 0 bridgehead atoms. The van der Waals surface area contributed by atoms with Gasteiger partial charge in [-0.1, -0.05) is 12.1 Å². The predicted molar refractivity (Wildman–Crippen MR) is 76.8 cm³/mol. The fourth-order valence-electron chi connectivity index (χ4n) is 2.40. The minimum atomic E-state index is 0.827. The Morgan fingerprint density at radius 1 is 1.26 bits per heavy atom. The highest BCUT2D eigenvalue weighted by Crippen LogP contribution is 2.25. The van der Waals surface area contributed by atoms with Crippen LogP contribution in [0, 0.1) is 6.92 Å². The lowest BCUT2D eigenvalue weighted by Gasteiger charge is -2.08. The van der Waals surface area contributed by atoms with Gasteiger partial charge in [0.05, 0.1) is 6.61 Å². The molecule has 0 amide bonds. The maximum absolute atomic E-state index is 5.52. The van der Waals surface area contributed by atoms with Gasteiger partial charge in [0.25, 0.3) is 0 Å². The number of rotatable bonds is 4. The van der Waals surface area contributed by atoms with Gasteiger partial charge in [-0.25, -0.2) is 0 Å². The third-order valence-electron chi connectivity index (χ3n) is 3.39. The maximum atomic E-state index is 5.52. The maximum Gasteiger partial charge on any atom is 0.122 e. The minimum absolute atomic E-state index is 0.827. The number of fused-ring (bicyclic) bond motifs is 1. The second-order valence-corrected chi connectivity index (χ2v) is 4.90. The van der Waals surface area contributed by atoms with E-state index in [2.05, 4.69) is 34.6 Å².